The van der Waals surface area contributed by atoms with Crippen molar-refractivity contribution in [3.63, 3.8) is 0 Å². The first kappa shape index (κ1) is 17.7. The molecular weight excluding hydrogens is 343 g/mol. The largest absolute Gasteiger partial charge is 0.494 e. The van der Waals surface area contributed by atoms with Crippen molar-refractivity contribution >= 4 is 12.6 Å². The van der Waals surface area contributed by atoms with Crippen LogP contribution in [0.2, 0.25) is 0 Å². The summed E-state index contributed by atoms with van der Waals surface area (Å²) in [6.07, 6.45) is 1.00. The SMILES string of the molecule is CC1(C)OB(c2ccc(-c3cccc4c3Cc3ccccc3-4)cc2)OC1(C)C. The third kappa shape index (κ3) is 2.65. The highest BCUT2D eigenvalue weighted by atomic mass is 16.7. The normalized spacial score (nSPS) is 18.8. The highest BCUT2D eigenvalue weighted by Gasteiger charge is 2.51. The van der Waals surface area contributed by atoms with Crippen LogP contribution in [0.1, 0.15) is 38.8 Å². The van der Waals surface area contributed by atoms with Crippen LogP contribution in [-0.4, -0.2) is 18.3 Å². The Morgan fingerprint density at radius 3 is 2.00 bits per heavy atom. The zero-order valence-corrected chi connectivity index (χ0v) is 17.0. The molecular formula is C25H25BO2. The second-order valence-corrected chi connectivity index (χ2v) is 8.88. The van der Waals surface area contributed by atoms with Crippen molar-refractivity contribution in [3.05, 3.63) is 77.9 Å². The van der Waals surface area contributed by atoms with Crippen molar-refractivity contribution in [2.75, 3.05) is 0 Å². The van der Waals surface area contributed by atoms with Crippen molar-refractivity contribution in [2.24, 2.45) is 0 Å². The molecule has 0 radical (unpaired) electrons. The molecule has 5 rings (SSSR count). The summed E-state index contributed by atoms with van der Waals surface area (Å²) >= 11 is 0. The van der Waals surface area contributed by atoms with Gasteiger partial charge < -0.3 is 9.31 Å². The van der Waals surface area contributed by atoms with Gasteiger partial charge in [0.25, 0.3) is 0 Å². The molecule has 0 N–H and O–H groups in total. The Morgan fingerprint density at radius 2 is 1.29 bits per heavy atom. The minimum absolute atomic E-state index is 0.315. The standard InChI is InChI=1S/C25H25BO2/c1-24(2)25(3,4)28-26(27-24)19-14-12-17(13-15-19)20-10-7-11-22-21-9-6-5-8-18(21)16-23(20)22/h5-15H,16H2,1-4H3. The van der Waals surface area contributed by atoms with Gasteiger partial charge in [0, 0.05) is 0 Å². The molecule has 140 valence electrons. The lowest BCUT2D eigenvalue weighted by molar-refractivity contribution is 0.00578. The molecule has 2 nitrogen and oxygen atoms in total. The fourth-order valence-electron chi connectivity index (χ4n) is 4.23. The summed E-state index contributed by atoms with van der Waals surface area (Å²) in [6.45, 7) is 8.36. The molecule has 1 saturated heterocycles. The Balaban J connectivity index is 1.47. The van der Waals surface area contributed by atoms with Gasteiger partial charge in [-0.3, -0.25) is 0 Å². The molecule has 0 unspecified atom stereocenters. The van der Waals surface area contributed by atoms with Gasteiger partial charge in [0.05, 0.1) is 11.2 Å². The highest BCUT2D eigenvalue weighted by molar-refractivity contribution is 6.62. The number of hydrogen-bond donors (Lipinski definition) is 0. The molecule has 0 aromatic heterocycles. The van der Waals surface area contributed by atoms with Crippen molar-refractivity contribution in [1.82, 2.24) is 0 Å². The molecule has 0 spiro atoms. The van der Waals surface area contributed by atoms with Gasteiger partial charge in [-0.05, 0) is 73.0 Å². The van der Waals surface area contributed by atoms with Gasteiger partial charge in [-0.25, -0.2) is 0 Å². The molecule has 0 saturated carbocycles. The summed E-state index contributed by atoms with van der Waals surface area (Å²) in [5, 5.41) is 0. The molecule has 0 amide bonds. The number of hydrogen-bond acceptors (Lipinski definition) is 2. The van der Waals surface area contributed by atoms with E-state index in [1.165, 1.54) is 33.4 Å². The first-order chi connectivity index (χ1) is 13.4. The maximum absolute atomic E-state index is 6.19. The molecule has 3 aromatic carbocycles. The maximum atomic E-state index is 6.19. The van der Waals surface area contributed by atoms with Crippen LogP contribution in [0, 0.1) is 0 Å². The zero-order valence-electron chi connectivity index (χ0n) is 17.0. The van der Waals surface area contributed by atoms with Crippen LogP contribution in [0.3, 0.4) is 0 Å². The molecule has 1 fully saturated rings. The average molecular weight is 368 g/mol. The van der Waals surface area contributed by atoms with E-state index in [1.54, 1.807) is 0 Å². The first-order valence-corrected chi connectivity index (χ1v) is 10.0. The molecule has 3 heteroatoms. The molecule has 0 bridgehead atoms. The lowest BCUT2D eigenvalue weighted by Crippen LogP contribution is -2.41. The van der Waals surface area contributed by atoms with Crippen molar-refractivity contribution < 1.29 is 9.31 Å². The van der Waals surface area contributed by atoms with E-state index in [0.29, 0.717) is 0 Å². The van der Waals surface area contributed by atoms with Crippen molar-refractivity contribution in [2.45, 2.75) is 45.3 Å². The number of rotatable bonds is 2. The van der Waals surface area contributed by atoms with Crippen LogP contribution in [0.4, 0.5) is 0 Å². The Labute approximate surface area is 167 Å². The minimum Gasteiger partial charge on any atom is -0.399 e. The van der Waals surface area contributed by atoms with E-state index in [4.69, 9.17) is 9.31 Å². The van der Waals surface area contributed by atoms with Crippen molar-refractivity contribution in [1.29, 1.82) is 0 Å². The van der Waals surface area contributed by atoms with Gasteiger partial charge >= 0.3 is 7.12 Å². The highest BCUT2D eigenvalue weighted by Crippen LogP contribution is 2.41. The molecule has 0 atom stereocenters. The Kier molecular flexibility index (Phi) is 3.84. The quantitative estimate of drug-likeness (QED) is 0.452. The molecule has 2 aliphatic rings. The van der Waals surface area contributed by atoms with E-state index in [2.05, 4.69) is 94.4 Å². The van der Waals surface area contributed by atoms with E-state index < -0.39 is 0 Å². The molecule has 28 heavy (non-hydrogen) atoms. The summed E-state index contributed by atoms with van der Waals surface area (Å²) in [5.74, 6) is 0. The van der Waals surface area contributed by atoms with Crippen LogP contribution in [-0.2, 0) is 15.7 Å². The number of benzene rings is 3. The Morgan fingerprint density at radius 1 is 0.679 bits per heavy atom. The van der Waals surface area contributed by atoms with E-state index in [9.17, 15) is 0 Å². The zero-order chi connectivity index (χ0) is 19.5. The van der Waals surface area contributed by atoms with Gasteiger partial charge in [0.2, 0.25) is 0 Å². The second kappa shape index (κ2) is 6.07. The van der Waals surface area contributed by atoms with E-state index >= 15 is 0 Å². The maximum Gasteiger partial charge on any atom is 0.494 e. The van der Waals surface area contributed by atoms with Gasteiger partial charge in [0.1, 0.15) is 0 Å². The van der Waals surface area contributed by atoms with Gasteiger partial charge in [-0.1, -0.05) is 66.7 Å². The van der Waals surface area contributed by atoms with E-state index in [-0.39, 0.29) is 18.3 Å². The third-order valence-corrected chi connectivity index (χ3v) is 6.60. The fraction of sp³-hybridized carbons (Fsp3) is 0.280. The van der Waals surface area contributed by atoms with E-state index in [0.717, 1.165) is 11.9 Å². The number of fused-ring (bicyclic) bond motifs is 3. The summed E-state index contributed by atoms with van der Waals surface area (Å²) in [5.41, 5.74) is 8.56. The van der Waals surface area contributed by atoms with Crippen LogP contribution < -0.4 is 5.46 Å². The monoisotopic (exact) mass is 368 g/mol. The van der Waals surface area contributed by atoms with Crippen LogP contribution in [0.5, 0.6) is 0 Å². The van der Waals surface area contributed by atoms with Gasteiger partial charge in [0.15, 0.2) is 0 Å². The summed E-state index contributed by atoms with van der Waals surface area (Å²) in [4.78, 5) is 0. The lowest BCUT2D eigenvalue weighted by Gasteiger charge is -2.32. The van der Waals surface area contributed by atoms with Crippen LogP contribution >= 0.6 is 0 Å². The first-order valence-electron chi connectivity index (χ1n) is 10.0. The smallest absolute Gasteiger partial charge is 0.399 e. The van der Waals surface area contributed by atoms with Gasteiger partial charge in [-0.15, -0.1) is 0 Å². The predicted octanol–water partition coefficient (Wildman–Crippen LogP) is 5.22. The molecule has 1 heterocycles. The third-order valence-electron chi connectivity index (χ3n) is 6.60. The summed E-state index contributed by atoms with van der Waals surface area (Å²) in [6, 6.07) is 24.0. The lowest BCUT2D eigenvalue weighted by atomic mass is 9.78. The predicted molar refractivity (Wildman–Crippen MR) is 116 cm³/mol. The van der Waals surface area contributed by atoms with Crippen LogP contribution in [0.25, 0.3) is 22.3 Å². The average Bonchev–Trinajstić information content (AvgIpc) is 3.15. The van der Waals surface area contributed by atoms with Crippen LogP contribution in [0.15, 0.2) is 66.7 Å². The van der Waals surface area contributed by atoms with E-state index in [1.807, 2.05) is 0 Å². The molecule has 3 aromatic rings. The van der Waals surface area contributed by atoms with Gasteiger partial charge in [-0.2, -0.15) is 0 Å². The Hall–Kier alpha value is -2.36. The van der Waals surface area contributed by atoms with Crippen molar-refractivity contribution in [3.8, 4) is 22.3 Å². The molecule has 1 aliphatic heterocycles. The topological polar surface area (TPSA) is 18.5 Å². The Bertz CT molecular complexity index is 1030. The molecule has 1 aliphatic carbocycles. The fourth-order valence-corrected chi connectivity index (χ4v) is 4.23. The second-order valence-electron chi connectivity index (χ2n) is 8.88. The minimum atomic E-state index is -0.317. The summed E-state index contributed by atoms with van der Waals surface area (Å²) < 4.78 is 12.4. The summed E-state index contributed by atoms with van der Waals surface area (Å²) in [7, 11) is -0.315.